The number of ether oxygens (including phenoxy) is 3. The lowest BCUT2D eigenvalue weighted by atomic mass is 10.2. The number of benzene rings is 1. The van der Waals surface area contributed by atoms with Gasteiger partial charge < -0.3 is 28.5 Å². The Labute approximate surface area is 178 Å². The van der Waals surface area contributed by atoms with Crippen molar-refractivity contribution < 1.29 is 32.7 Å². The Morgan fingerprint density at radius 2 is 1.97 bits per heavy atom. The van der Waals surface area contributed by atoms with E-state index in [4.69, 9.17) is 23.2 Å². The summed E-state index contributed by atoms with van der Waals surface area (Å²) in [5, 5.41) is 6.51. The fraction of sp³-hybridized carbons (Fsp3) is 0.333. The van der Waals surface area contributed by atoms with Gasteiger partial charge >= 0.3 is 5.97 Å². The molecule has 10 nitrogen and oxygen atoms in total. The van der Waals surface area contributed by atoms with E-state index in [-0.39, 0.29) is 25.3 Å². The van der Waals surface area contributed by atoms with Crippen molar-refractivity contribution in [3.05, 3.63) is 48.0 Å². The number of nitrogens with zero attached hydrogens (tertiary/aromatic N) is 2. The van der Waals surface area contributed by atoms with Gasteiger partial charge in [0.15, 0.2) is 23.4 Å². The first-order valence-corrected chi connectivity index (χ1v) is 9.54. The molecule has 3 aromatic rings. The molecule has 0 aliphatic carbocycles. The second-order valence-corrected chi connectivity index (χ2v) is 6.53. The Hall–Kier alpha value is -3.82. The maximum Gasteiger partial charge on any atom is 0.307 e. The van der Waals surface area contributed by atoms with Crippen molar-refractivity contribution >= 4 is 11.9 Å². The number of amides is 1. The molecule has 1 aromatic carbocycles. The summed E-state index contributed by atoms with van der Waals surface area (Å²) in [7, 11) is 3.08. The number of rotatable bonds is 10. The van der Waals surface area contributed by atoms with Gasteiger partial charge in [-0.2, -0.15) is 4.98 Å². The van der Waals surface area contributed by atoms with Gasteiger partial charge in [-0.1, -0.05) is 11.2 Å². The monoisotopic (exact) mass is 429 g/mol. The molecule has 0 radical (unpaired) electrons. The Morgan fingerprint density at radius 3 is 2.68 bits per heavy atom. The lowest BCUT2D eigenvalue weighted by Gasteiger charge is -2.14. The highest BCUT2D eigenvalue weighted by Gasteiger charge is 2.19. The summed E-state index contributed by atoms with van der Waals surface area (Å²) < 4.78 is 25.9. The van der Waals surface area contributed by atoms with Gasteiger partial charge in [-0.3, -0.25) is 9.59 Å². The van der Waals surface area contributed by atoms with Crippen LogP contribution in [0.2, 0.25) is 0 Å². The zero-order valence-electron chi connectivity index (χ0n) is 17.4. The Kier molecular flexibility index (Phi) is 7.26. The molecule has 2 aromatic heterocycles. The average molecular weight is 429 g/mol. The van der Waals surface area contributed by atoms with Gasteiger partial charge in [-0.05, 0) is 36.8 Å². The summed E-state index contributed by atoms with van der Waals surface area (Å²) in [5.41, 5.74) is 0.813. The third kappa shape index (κ3) is 5.84. The summed E-state index contributed by atoms with van der Waals surface area (Å²) in [6.07, 6.45) is 0.730. The van der Waals surface area contributed by atoms with Gasteiger partial charge in [0.1, 0.15) is 0 Å². The molecule has 1 amide bonds. The van der Waals surface area contributed by atoms with Crippen LogP contribution in [0.5, 0.6) is 11.5 Å². The number of furan rings is 1. The molecule has 0 saturated carbocycles. The molecule has 0 saturated heterocycles. The maximum atomic E-state index is 12.2. The second kappa shape index (κ2) is 10.3. The zero-order valence-corrected chi connectivity index (χ0v) is 17.4. The smallest absolute Gasteiger partial charge is 0.307 e. The van der Waals surface area contributed by atoms with E-state index in [1.807, 2.05) is 0 Å². The van der Waals surface area contributed by atoms with E-state index in [2.05, 4.69) is 15.5 Å². The van der Waals surface area contributed by atoms with Gasteiger partial charge in [0.2, 0.25) is 11.7 Å². The molecular formula is C21H23N3O7. The first-order valence-electron chi connectivity index (χ1n) is 9.54. The fourth-order valence-corrected chi connectivity index (χ4v) is 2.70. The summed E-state index contributed by atoms with van der Waals surface area (Å²) in [5.74, 6) is 1.23. The highest BCUT2D eigenvalue weighted by molar-refractivity contribution is 5.83. The molecule has 164 valence electrons. The lowest BCUT2D eigenvalue weighted by molar-refractivity contribution is -0.154. The van der Waals surface area contributed by atoms with Crippen LogP contribution in [-0.4, -0.2) is 42.3 Å². The van der Waals surface area contributed by atoms with Crippen molar-refractivity contribution in [1.29, 1.82) is 0 Å². The second-order valence-electron chi connectivity index (χ2n) is 6.53. The molecule has 0 spiro atoms. The van der Waals surface area contributed by atoms with E-state index < -0.39 is 18.0 Å². The van der Waals surface area contributed by atoms with Crippen LogP contribution in [0.4, 0.5) is 0 Å². The number of carbonyl (C=O) groups excluding carboxylic acids is 2. The third-order valence-corrected chi connectivity index (χ3v) is 4.34. The lowest BCUT2D eigenvalue weighted by Crippen LogP contribution is -2.35. The Balaban J connectivity index is 1.43. The molecule has 0 aliphatic heterocycles. The minimum absolute atomic E-state index is 0.00686. The number of aromatic nitrogens is 2. The highest BCUT2D eigenvalue weighted by atomic mass is 16.5. The molecule has 0 fully saturated rings. The quantitative estimate of drug-likeness (QED) is 0.484. The van der Waals surface area contributed by atoms with E-state index >= 15 is 0 Å². The number of esters is 1. The van der Waals surface area contributed by atoms with Crippen LogP contribution in [0.15, 0.2) is 45.5 Å². The van der Waals surface area contributed by atoms with Crippen molar-refractivity contribution in [2.24, 2.45) is 0 Å². The fourth-order valence-electron chi connectivity index (χ4n) is 2.70. The molecule has 31 heavy (non-hydrogen) atoms. The Bertz CT molecular complexity index is 1010. The number of methoxy groups -OCH3 is 2. The molecule has 1 unspecified atom stereocenters. The standard InChI is InChI=1S/C21H23N3O7/c1-13(21(26)22-12-14-6-7-15(27-2)17(11-14)28-3)30-19(25)9-8-18-23-20(24-31-18)16-5-4-10-29-16/h4-7,10-11,13H,8-9,12H2,1-3H3,(H,22,26). The first-order chi connectivity index (χ1) is 15.0. The van der Waals surface area contributed by atoms with Gasteiger partial charge in [0.05, 0.1) is 26.9 Å². The van der Waals surface area contributed by atoms with Crippen molar-refractivity contribution in [2.75, 3.05) is 14.2 Å². The highest BCUT2D eigenvalue weighted by Crippen LogP contribution is 2.27. The summed E-state index contributed by atoms with van der Waals surface area (Å²) in [6, 6.07) is 8.72. The van der Waals surface area contributed by atoms with Gasteiger partial charge in [0, 0.05) is 13.0 Å². The third-order valence-electron chi connectivity index (χ3n) is 4.34. The van der Waals surface area contributed by atoms with Gasteiger partial charge in [-0.25, -0.2) is 0 Å². The van der Waals surface area contributed by atoms with Crippen LogP contribution in [0.1, 0.15) is 24.8 Å². The van der Waals surface area contributed by atoms with Crippen molar-refractivity contribution in [2.45, 2.75) is 32.4 Å². The summed E-state index contributed by atoms with van der Waals surface area (Å²) in [6.45, 7) is 1.75. The topological polar surface area (TPSA) is 126 Å². The van der Waals surface area contributed by atoms with E-state index in [0.29, 0.717) is 23.1 Å². The summed E-state index contributed by atoms with van der Waals surface area (Å²) in [4.78, 5) is 28.4. The number of hydrogen-bond acceptors (Lipinski definition) is 9. The molecule has 0 bridgehead atoms. The van der Waals surface area contributed by atoms with E-state index in [0.717, 1.165) is 5.56 Å². The molecule has 3 rings (SSSR count). The summed E-state index contributed by atoms with van der Waals surface area (Å²) >= 11 is 0. The number of nitrogens with one attached hydrogen (secondary N) is 1. The molecular weight excluding hydrogens is 406 g/mol. The molecule has 10 heteroatoms. The molecule has 2 heterocycles. The van der Waals surface area contributed by atoms with Crippen molar-refractivity contribution in [1.82, 2.24) is 15.5 Å². The molecule has 1 N–H and O–H groups in total. The van der Waals surface area contributed by atoms with Crippen LogP contribution in [0.3, 0.4) is 0 Å². The van der Waals surface area contributed by atoms with Crippen LogP contribution in [0.25, 0.3) is 11.6 Å². The van der Waals surface area contributed by atoms with E-state index in [1.54, 1.807) is 37.4 Å². The van der Waals surface area contributed by atoms with Crippen LogP contribution >= 0.6 is 0 Å². The average Bonchev–Trinajstić information content (AvgIpc) is 3.47. The predicted molar refractivity (Wildman–Crippen MR) is 107 cm³/mol. The largest absolute Gasteiger partial charge is 0.493 e. The minimum atomic E-state index is -0.950. The van der Waals surface area contributed by atoms with E-state index in [1.165, 1.54) is 20.3 Å². The van der Waals surface area contributed by atoms with Crippen LogP contribution in [0, 0.1) is 0 Å². The SMILES string of the molecule is COc1ccc(CNC(=O)C(C)OC(=O)CCc2nc(-c3ccco3)no2)cc1OC. The maximum absolute atomic E-state index is 12.2. The van der Waals surface area contributed by atoms with Gasteiger partial charge in [-0.15, -0.1) is 0 Å². The minimum Gasteiger partial charge on any atom is -0.493 e. The first kappa shape index (κ1) is 21.9. The van der Waals surface area contributed by atoms with Crippen molar-refractivity contribution in [3.63, 3.8) is 0 Å². The van der Waals surface area contributed by atoms with Gasteiger partial charge in [0.25, 0.3) is 5.91 Å². The predicted octanol–water partition coefficient (Wildman–Crippen LogP) is 2.53. The number of aryl methyl sites for hydroxylation is 1. The molecule has 0 aliphatic rings. The van der Waals surface area contributed by atoms with E-state index in [9.17, 15) is 9.59 Å². The van der Waals surface area contributed by atoms with Crippen LogP contribution < -0.4 is 14.8 Å². The number of carbonyl (C=O) groups is 2. The normalized spacial score (nSPS) is 11.6. The number of hydrogen-bond donors (Lipinski definition) is 1. The zero-order chi connectivity index (χ0) is 22.2. The van der Waals surface area contributed by atoms with Crippen LogP contribution in [-0.2, 0) is 27.3 Å². The Morgan fingerprint density at radius 1 is 1.16 bits per heavy atom. The van der Waals surface area contributed by atoms with Crippen molar-refractivity contribution in [3.8, 4) is 23.1 Å². The molecule has 1 atom stereocenters.